The lowest BCUT2D eigenvalue weighted by Gasteiger charge is -2.29. The largest absolute Gasteiger partial charge is 0.309 e. The number of rotatable bonds is 3. The highest BCUT2D eigenvalue weighted by Gasteiger charge is 2.21. The van der Waals surface area contributed by atoms with E-state index in [9.17, 15) is 8.78 Å². The number of hydrogen-bond donors (Lipinski definition) is 1. The lowest BCUT2D eigenvalue weighted by Crippen LogP contribution is -2.37. The normalized spacial score (nSPS) is 23.1. The molecule has 1 N–H and O–H groups in total. The van der Waals surface area contributed by atoms with Crippen LogP contribution < -0.4 is 5.32 Å². The fourth-order valence-electron chi connectivity index (χ4n) is 2.69. The summed E-state index contributed by atoms with van der Waals surface area (Å²) in [5, 5.41) is 11.9. The number of nitrogens with zero attached hydrogens (tertiary/aromatic N) is 1. The van der Waals surface area contributed by atoms with Crippen LogP contribution in [0.1, 0.15) is 43.7 Å². The van der Waals surface area contributed by atoms with Gasteiger partial charge in [-0.2, -0.15) is 5.26 Å². The van der Waals surface area contributed by atoms with E-state index in [0.717, 1.165) is 25.0 Å². The number of hydrogen-bond acceptors (Lipinski definition) is 2. The lowest BCUT2D eigenvalue weighted by molar-refractivity contribution is 0.277. The molecular weight excluding hydrogens is 246 g/mol. The molecular formula is C15H18F2N2. The van der Waals surface area contributed by atoms with E-state index in [1.807, 2.05) is 0 Å². The van der Waals surface area contributed by atoms with Crippen molar-refractivity contribution in [1.82, 2.24) is 5.32 Å². The molecule has 0 spiro atoms. The van der Waals surface area contributed by atoms with Gasteiger partial charge in [-0.05, 0) is 30.9 Å². The van der Waals surface area contributed by atoms with Gasteiger partial charge in [0.15, 0.2) is 0 Å². The van der Waals surface area contributed by atoms with E-state index in [0.29, 0.717) is 12.0 Å². The quantitative estimate of drug-likeness (QED) is 0.907. The fourth-order valence-corrected chi connectivity index (χ4v) is 2.69. The van der Waals surface area contributed by atoms with Gasteiger partial charge in [-0.3, -0.25) is 0 Å². The van der Waals surface area contributed by atoms with Crippen LogP contribution in [0.25, 0.3) is 0 Å². The average Bonchev–Trinajstić information content (AvgIpc) is 2.39. The van der Waals surface area contributed by atoms with Crippen LogP contribution in [0.5, 0.6) is 0 Å². The zero-order valence-corrected chi connectivity index (χ0v) is 11.0. The molecule has 2 unspecified atom stereocenters. The maximum atomic E-state index is 13.7. The topological polar surface area (TPSA) is 35.8 Å². The van der Waals surface area contributed by atoms with Crippen molar-refractivity contribution in [3.05, 3.63) is 34.9 Å². The third-order valence-corrected chi connectivity index (χ3v) is 3.92. The Morgan fingerprint density at radius 2 is 1.89 bits per heavy atom. The Labute approximate surface area is 112 Å². The molecule has 1 fully saturated rings. The molecule has 0 saturated heterocycles. The smallest absolute Gasteiger partial charge is 0.131 e. The molecule has 1 aliphatic rings. The third-order valence-electron chi connectivity index (χ3n) is 3.92. The van der Waals surface area contributed by atoms with E-state index in [1.165, 1.54) is 12.8 Å². The summed E-state index contributed by atoms with van der Waals surface area (Å²) in [5.74, 6) is -0.752. The molecule has 2 rings (SSSR count). The maximum Gasteiger partial charge on any atom is 0.131 e. The lowest BCUT2D eigenvalue weighted by atomic mass is 9.86. The Hall–Kier alpha value is -1.47. The van der Waals surface area contributed by atoms with Crippen molar-refractivity contribution >= 4 is 0 Å². The van der Waals surface area contributed by atoms with E-state index in [1.54, 1.807) is 6.07 Å². The number of halogens is 2. The first-order chi connectivity index (χ1) is 9.11. The van der Waals surface area contributed by atoms with Crippen LogP contribution in [0, 0.1) is 28.9 Å². The molecule has 1 aliphatic carbocycles. The van der Waals surface area contributed by atoms with Gasteiger partial charge in [-0.1, -0.05) is 19.8 Å². The van der Waals surface area contributed by atoms with Gasteiger partial charge >= 0.3 is 0 Å². The van der Waals surface area contributed by atoms with Crippen molar-refractivity contribution in [3.63, 3.8) is 0 Å². The highest BCUT2D eigenvalue weighted by atomic mass is 19.1. The first-order valence-corrected chi connectivity index (χ1v) is 6.73. The summed E-state index contributed by atoms with van der Waals surface area (Å²) in [6.45, 7) is 2.35. The van der Waals surface area contributed by atoms with Crippen LogP contribution in [0.3, 0.4) is 0 Å². The van der Waals surface area contributed by atoms with Crippen LogP contribution in [0.15, 0.2) is 12.1 Å². The molecule has 2 atom stereocenters. The predicted molar refractivity (Wildman–Crippen MR) is 69.3 cm³/mol. The molecule has 102 valence electrons. The maximum absolute atomic E-state index is 13.7. The summed E-state index contributed by atoms with van der Waals surface area (Å²) >= 11 is 0. The monoisotopic (exact) mass is 264 g/mol. The third kappa shape index (κ3) is 3.30. The zero-order valence-electron chi connectivity index (χ0n) is 11.0. The Bertz CT molecular complexity index is 470. The first-order valence-electron chi connectivity index (χ1n) is 6.73. The van der Waals surface area contributed by atoms with Crippen LogP contribution >= 0.6 is 0 Å². The molecule has 0 aromatic heterocycles. The first kappa shape index (κ1) is 14.0. The molecule has 1 aromatic carbocycles. The van der Waals surface area contributed by atoms with Gasteiger partial charge in [0, 0.05) is 18.2 Å². The van der Waals surface area contributed by atoms with Crippen LogP contribution in [0.4, 0.5) is 8.78 Å². The highest BCUT2D eigenvalue weighted by Crippen LogP contribution is 2.24. The predicted octanol–water partition coefficient (Wildman–Crippen LogP) is 3.50. The van der Waals surface area contributed by atoms with E-state index in [2.05, 4.69) is 12.2 Å². The summed E-state index contributed by atoms with van der Waals surface area (Å²) < 4.78 is 27.4. The van der Waals surface area contributed by atoms with E-state index < -0.39 is 11.6 Å². The molecule has 19 heavy (non-hydrogen) atoms. The SMILES string of the molecule is CC1CCCCC1NCc1c(F)cc(C#N)cc1F. The molecule has 0 heterocycles. The van der Waals surface area contributed by atoms with Crippen LogP contribution in [0.2, 0.25) is 0 Å². The van der Waals surface area contributed by atoms with Crippen molar-refractivity contribution in [1.29, 1.82) is 5.26 Å². The molecule has 0 radical (unpaired) electrons. The zero-order chi connectivity index (χ0) is 13.8. The second kappa shape index (κ2) is 6.12. The van der Waals surface area contributed by atoms with E-state index in [4.69, 9.17) is 5.26 Å². The van der Waals surface area contributed by atoms with Crippen LogP contribution in [-0.4, -0.2) is 6.04 Å². The van der Waals surface area contributed by atoms with Gasteiger partial charge in [0.25, 0.3) is 0 Å². The summed E-state index contributed by atoms with van der Waals surface area (Å²) in [6, 6.07) is 4.25. The van der Waals surface area contributed by atoms with Gasteiger partial charge in [-0.15, -0.1) is 0 Å². The van der Waals surface area contributed by atoms with Gasteiger partial charge < -0.3 is 5.32 Å². The molecule has 2 nitrogen and oxygen atoms in total. The summed E-state index contributed by atoms with van der Waals surface area (Å²) in [6.07, 6.45) is 4.62. The summed E-state index contributed by atoms with van der Waals surface area (Å²) in [7, 11) is 0. The minimum Gasteiger partial charge on any atom is -0.309 e. The van der Waals surface area contributed by atoms with Gasteiger partial charge in [0.1, 0.15) is 11.6 Å². The fraction of sp³-hybridized carbons (Fsp3) is 0.533. The molecule has 0 bridgehead atoms. The minimum atomic E-state index is -0.646. The standard InChI is InChI=1S/C15H18F2N2/c1-10-4-2-3-5-15(10)19-9-12-13(16)6-11(8-18)7-14(12)17/h6-7,10,15,19H,2-5,9H2,1H3. The van der Waals surface area contributed by atoms with Crippen molar-refractivity contribution in [2.75, 3.05) is 0 Å². The second-order valence-corrected chi connectivity index (χ2v) is 5.28. The second-order valence-electron chi connectivity index (χ2n) is 5.28. The van der Waals surface area contributed by atoms with Crippen molar-refractivity contribution < 1.29 is 8.78 Å². The molecule has 0 aliphatic heterocycles. The van der Waals surface area contributed by atoms with Crippen molar-refractivity contribution in [2.24, 2.45) is 5.92 Å². The van der Waals surface area contributed by atoms with Crippen molar-refractivity contribution in [2.45, 2.75) is 45.2 Å². The Balaban J connectivity index is 2.05. The Kier molecular flexibility index (Phi) is 4.49. The van der Waals surface area contributed by atoms with Gasteiger partial charge in [0.2, 0.25) is 0 Å². The number of benzene rings is 1. The Morgan fingerprint density at radius 3 is 2.47 bits per heavy atom. The number of nitrogens with one attached hydrogen (secondary N) is 1. The minimum absolute atomic E-state index is 0.0183. The highest BCUT2D eigenvalue weighted by molar-refractivity contribution is 5.34. The van der Waals surface area contributed by atoms with E-state index in [-0.39, 0.29) is 17.7 Å². The number of nitriles is 1. The molecule has 0 amide bonds. The Morgan fingerprint density at radius 1 is 1.26 bits per heavy atom. The van der Waals surface area contributed by atoms with Crippen molar-refractivity contribution in [3.8, 4) is 6.07 Å². The van der Waals surface area contributed by atoms with Gasteiger partial charge in [-0.25, -0.2) is 8.78 Å². The molecule has 4 heteroatoms. The van der Waals surface area contributed by atoms with E-state index >= 15 is 0 Å². The molecule has 1 aromatic rings. The molecule has 1 saturated carbocycles. The summed E-state index contributed by atoms with van der Waals surface area (Å²) in [4.78, 5) is 0. The summed E-state index contributed by atoms with van der Waals surface area (Å²) in [5.41, 5.74) is 0.0431. The average molecular weight is 264 g/mol. The van der Waals surface area contributed by atoms with Crippen LogP contribution in [-0.2, 0) is 6.54 Å². The van der Waals surface area contributed by atoms with Gasteiger partial charge in [0.05, 0.1) is 11.6 Å².